The highest BCUT2D eigenvalue weighted by molar-refractivity contribution is 5.34. The Kier molecular flexibility index (Phi) is 4.00. The van der Waals surface area contributed by atoms with Crippen molar-refractivity contribution in [1.29, 1.82) is 0 Å². The van der Waals surface area contributed by atoms with Gasteiger partial charge < -0.3 is 5.73 Å². The molecule has 0 saturated carbocycles. The molecule has 0 saturated heterocycles. The van der Waals surface area contributed by atoms with Crippen LogP contribution in [0.25, 0.3) is 5.69 Å². The molecule has 4 heteroatoms. The number of rotatable bonds is 5. The summed E-state index contributed by atoms with van der Waals surface area (Å²) in [6, 6.07) is 8.46. The lowest BCUT2D eigenvalue weighted by atomic mass is 10.0. The van der Waals surface area contributed by atoms with Crippen LogP contribution >= 0.6 is 0 Å². The molecule has 0 atom stereocenters. The zero-order chi connectivity index (χ0) is 13.9. The summed E-state index contributed by atoms with van der Waals surface area (Å²) in [5, 5.41) is 8.26. The molecule has 2 rings (SSSR count). The van der Waals surface area contributed by atoms with E-state index in [4.69, 9.17) is 5.73 Å². The van der Waals surface area contributed by atoms with E-state index in [1.807, 2.05) is 20.0 Å². The Balaban J connectivity index is 2.16. The fourth-order valence-electron chi connectivity index (χ4n) is 1.88. The molecule has 0 aliphatic carbocycles. The fraction of sp³-hybridized carbons (Fsp3) is 0.467. The molecule has 2 aromatic rings. The molecule has 0 fully saturated rings. The predicted octanol–water partition coefficient (Wildman–Crippen LogP) is 2.80. The Morgan fingerprint density at radius 2 is 1.89 bits per heavy atom. The van der Waals surface area contributed by atoms with Crippen LogP contribution in [0, 0.1) is 0 Å². The highest BCUT2D eigenvalue weighted by Crippen LogP contribution is 2.16. The van der Waals surface area contributed by atoms with Gasteiger partial charge in [0.05, 0.1) is 17.4 Å². The zero-order valence-electron chi connectivity index (χ0n) is 11.9. The van der Waals surface area contributed by atoms with Gasteiger partial charge in [-0.05, 0) is 44.4 Å². The summed E-state index contributed by atoms with van der Waals surface area (Å²) in [5.74, 6) is 0. The first-order chi connectivity index (χ1) is 9.00. The van der Waals surface area contributed by atoms with Crippen molar-refractivity contribution < 1.29 is 0 Å². The molecule has 0 spiro atoms. The van der Waals surface area contributed by atoms with Crippen molar-refractivity contribution in [3.05, 3.63) is 41.7 Å². The minimum atomic E-state index is -0.459. The third-order valence-electron chi connectivity index (χ3n) is 3.17. The van der Waals surface area contributed by atoms with Crippen LogP contribution in [0.3, 0.4) is 0 Å². The van der Waals surface area contributed by atoms with E-state index >= 15 is 0 Å². The van der Waals surface area contributed by atoms with Gasteiger partial charge in [0.1, 0.15) is 5.69 Å². The fourth-order valence-corrected chi connectivity index (χ4v) is 1.88. The third kappa shape index (κ3) is 3.41. The van der Waals surface area contributed by atoms with Gasteiger partial charge in [-0.3, -0.25) is 0 Å². The van der Waals surface area contributed by atoms with Crippen LogP contribution in [0.2, 0.25) is 0 Å². The maximum Gasteiger partial charge on any atom is 0.102 e. The highest BCUT2D eigenvalue weighted by Gasteiger charge is 2.18. The van der Waals surface area contributed by atoms with Crippen molar-refractivity contribution in [2.45, 2.75) is 45.6 Å². The van der Waals surface area contributed by atoms with Gasteiger partial charge >= 0.3 is 0 Å². The Hall–Kier alpha value is -1.68. The van der Waals surface area contributed by atoms with E-state index in [1.54, 1.807) is 4.68 Å². The van der Waals surface area contributed by atoms with E-state index < -0.39 is 5.54 Å². The van der Waals surface area contributed by atoms with Crippen LogP contribution in [-0.4, -0.2) is 15.0 Å². The summed E-state index contributed by atoms with van der Waals surface area (Å²) in [4.78, 5) is 0. The smallest absolute Gasteiger partial charge is 0.102 e. The molecule has 0 aliphatic heterocycles. The van der Waals surface area contributed by atoms with E-state index in [0.717, 1.165) is 17.8 Å². The Labute approximate surface area is 114 Å². The number of hydrogen-bond acceptors (Lipinski definition) is 3. The molecular weight excluding hydrogens is 236 g/mol. The van der Waals surface area contributed by atoms with Crippen molar-refractivity contribution in [3.63, 3.8) is 0 Å². The second kappa shape index (κ2) is 5.53. The topological polar surface area (TPSA) is 56.7 Å². The quantitative estimate of drug-likeness (QED) is 0.897. The first-order valence-corrected chi connectivity index (χ1v) is 6.81. The van der Waals surface area contributed by atoms with Crippen LogP contribution in [-0.2, 0) is 12.0 Å². The summed E-state index contributed by atoms with van der Waals surface area (Å²) < 4.78 is 1.77. The first-order valence-electron chi connectivity index (χ1n) is 6.81. The number of nitrogens with two attached hydrogens (primary N) is 1. The molecule has 2 N–H and O–H groups in total. The Bertz CT molecular complexity index is 520. The van der Waals surface area contributed by atoms with Crippen LogP contribution in [0.1, 0.15) is 44.9 Å². The maximum atomic E-state index is 6.01. The molecule has 1 aromatic carbocycles. The molecule has 1 aromatic heterocycles. The van der Waals surface area contributed by atoms with Crippen LogP contribution in [0.5, 0.6) is 0 Å². The third-order valence-corrected chi connectivity index (χ3v) is 3.17. The van der Waals surface area contributed by atoms with Gasteiger partial charge in [-0.1, -0.05) is 30.7 Å². The van der Waals surface area contributed by atoms with E-state index in [2.05, 4.69) is 41.5 Å². The molecule has 4 nitrogen and oxygen atoms in total. The lowest BCUT2D eigenvalue weighted by Gasteiger charge is -2.13. The molecule has 0 bridgehead atoms. The average Bonchev–Trinajstić information content (AvgIpc) is 2.86. The highest BCUT2D eigenvalue weighted by atomic mass is 15.4. The molecule has 0 radical (unpaired) electrons. The van der Waals surface area contributed by atoms with E-state index in [-0.39, 0.29) is 0 Å². The summed E-state index contributed by atoms with van der Waals surface area (Å²) >= 11 is 0. The van der Waals surface area contributed by atoms with Crippen molar-refractivity contribution in [1.82, 2.24) is 15.0 Å². The van der Waals surface area contributed by atoms with E-state index in [9.17, 15) is 0 Å². The maximum absolute atomic E-state index is 6.01. The first kappa shape index (κ1) is 13.7. The number of hydrogen-bond donors (Lipinski definition) is 1. The molecule has 0 unspecified atom stereocenters. The van der Waals surface area contributed by atoms with E-state index in [1.165, 1.54) is 18.4 Å². The zero-order valence-corrected chi connectivity index (χ0v) is 11.9. The molecule has 102 valence electrons. The van der Waals surface area contributed by atoms with Crippen LogP contribution in [0.4, 0.5) is 0 Å². The number of nitrogens with zero attached hydrogens (tertiary/aromatic N) is 3. The van der Waals surface area contributed by atoms with Crippen molar-refractivity contribution in [3.8, 4) is 5.69 Å². The predicted molar refractivity (Wildman–Crippen MR) is 77.2 cm³/mol. The second-order valence-electron chi connectivity index (χ2n) is 5.54. The lowest BCUT2D eigenvalue weighted by molar-refractivity contribution is 0.533. The normalized spacial score (nSPS) is 11.8. The number of unbranched alkanes of at least 4 members (excludes halogenated alkanes) is 1. The van der Waals surface area contributed by atoms with Gasteiger partial charge in [-0.25, -0.2) is 4.68 Å². The van der Waals surface area contributed by atoms with Gasteiger partial charge in [0, 0.05) is 0 Å². The Morgan fingerprint density at radius 3 is 2.42 bits per heavy atom. The monoisotopic (exact) mass is 258 g/mol. The lowest BCUT2D eigenvalue weighted by Crippen LogP contribution is -2.29. The standard InChI is InChI=1S/C15H22N4/c1-4-5-6-12-7-9-13(10-8-12)19-11-14(17-18-19)15(2,3)16/h7-11H,4-6,16H2,1-3H3. The number of aromatic nitrogens is 3. The summed E-state index contributed by atoms with van der Waals surface area (Å²) in [6.07, 6.45) is 5.48. The minimum absolute atomic E-state index is 0.459. The van der Waals surface area contributed by atoms with Gasteiger partial charge in [0.15, 0.2) is 0 Å². The number of aryl methyl sites for hydroxylation is 1. The van der Waals surface area contributed by atoms with Gasteiger partial charge in [0.2, 0.25) is 0 Å². The van der Waals surface area contributed by atoms with Gasteiger partial charge in [-0.15, -0.1) is 5.10 Å². The Morgan fingerprint density at radius 1 is 1.21 bits per heavy atom. The SMILES string of the molecule is CCCCc1ccc(-n2cc(C(C)(C)N)nn2)cc1. The molecule has 1 heterocycles. The summed E-state index contributed by atoms with van der Waals surface area (Å²) in [6.45, 7) is 6.06. The van der Waals surface area contributed by atoms with Gasteiger partial charge in [-0.2, -0.15) is 0 Å². The second-order valence-corrected chi connectivity index (χ2v) is 5.54. The summed E-state index contributed by atoms with van der Waals surface area (Å²) in [7, 11) is 0. The van der Waals surface area contributed by atoms with Crippen LogP contribution < -0.4 is 5.73 Å². The average molecular weight is 258 g/mol. The van der Waals surface area contributed by atoms with Crippen molar-refractivity contribution >= 4 is 0 Å². The molecule has 0 amide bonds. The van der Waals surface area contributed by atoms with Crippen molar-refractivity contribution in [2.24, 2.45) is 5.73 Å². The van der Waals surface area contributed by atoms with Crippen molar-refractivity contribution in [2.75, 3.05) is 0 Å². The van der Waals surface area contributed by atoms with Crippen LogP contribution in [0.15, 0.2) is 30.5 Å². The summed E-state index contributed by atoms with van der Waals surface area (Å²) in [5.41, 5.74) is 8.73. The minimum Gasteiger partial charge on any atom is -0.320 e. The van der Waals surface area contributed by atoms with E-state index in [0.29, 0.717) is 0 Å². The van der Waals surface area contributed by atoms with Gasteiger partial charge in [0.25, 0.3) is 0 Å². The molecular formula is C15H22N4. The number of benzene rings is 1. The molecule has 19 heavy (non-hydrogen) atoms. The largest absolute Gasteiger partial charge is 0.320 e. The molecule has 0 aliphatic rings.